The summed E-state index contributed by atoms with van der Waals surface area (Å²) in [5, 5.41) is 12.7. The molecule has 0 saturated carbocycles. The Balaban J connectivity index is 1.66. The molecule has 1 aromatic heterocycles. The second kappa shape index (κ2) is 9.56. The Morgan fingerprint density at radius 1 is 1.29 bits per heavy atom. The van der Waals surface area contributed by atoms with E-state index in [9.17, 15) is 19.1 Å². The van der Waals surface area contributed by atoms with Gasteiger partial charge in [-0.1, -0.05) is 17.7 Å². The Morgan fingerprint density at radius 2 is 2.09 bits per heavy atom. The van der Waals surface area contributed by atoms with Crippen molar-refractivity contribution in [1.82, 2.24) is 14.9 Å². The van der Waals surface area contributed by atoms with Gasteiger partial charge >= 0.3 is 6.09 Å². The molecule has 2 heterocycles. The van der Waals surface area contributed by atoms with Crippen LogP contribution in [0.5, 0.6) is 11.5 Å². The zero-order valence-corrected chi connectivity index (χ0v) is 18.8. The SMILES string of the molecule is COc1cc2ncnc(Nc3cccc(Cl)c3F)c2cc1O[C@H]1CCN(C(=O)O)[C@H](C(N)=O)C1. The van der Waals surface area contributed by atoms with Crippen molar-refractivity contribution in [1.29, 1.82) is 0 Å². The van der Waals surface area contributed by atoms with Gasteiger partial charge in [0.05, 0.1) is 23.3 Å². The maximum Gasteiger partial charge on any atom is 0.407 e. The van der Waals surface area contributed by atoms with Gasteiger partial charge in [0.2, 0.25) is 5.91 Å². The van der Waals surface area contributed by atoms with E-state index >= 15 is 0 Å². The van der Waals surface area contributed by atoms with Gasteiger partial charge in [-0.3, -0.25) is 9.69 Å². The highest BCUT2D eigenvalue weighted by molar-refractivity contribution is 6.31. The summed E-state index contributed by atoms with van der Waals surface area (Å²) < 4.78 is 26.0. The first kappa shape index (κ1) is 23.3. The monoisotopic (exact) mass is 489 g/mol. The average molecular weight is 490 g/mol. The third-order valence-electron chi connectivity index (χ3n) is 5.55. The molecule has 4 N–H and O–H groups in total. The average Bonchev–Trinajstić information content (AvgIpc) is 2.81. The topological polar surface area (TPSA) is 140 Å². The van der Waals surface area contributed by atoms with E-state index in [1.54, 1.807) is 18.2 Å². The maximum absolute atomic E-state index is 14.4. The highest BCUT2D eigenvalue weighted by atomic mass is 35.5. The largest absolute Gasteiger partial charge is 0.493 e. The first-order valence-electron chi connectivity index (χ1n) is 10.3. The maximum atomic E-state index is 14.4. The van der Waals surface area contributed by atoms with Gasteiger partial charge in [-0.15, -0.1) is 0 Å². The number of primary amides is 1. The first-order chi connectivity index (χ1) is 16.3. The first-order valence-corrected chi connectivity index (χ1v) is 10.7. The fourth-order valence-electron chi connectivity index (χ4n) is 3.86. The Morgan fingerprint density at radius 3 is 2.79 bits per heavy atom. The molecule has 12 heteroatoms. The van der Waals surface area contributed by atoms with E-state index in [4.69, 9.17) is 26.8 Å². The van der Waals surface area contributed by atoms with Crippen LogP contribution >= 0.6 is 11.6 Å². The quantitative estimate of drug-likeness (QED) is 0.477. The van der Waals surface area contributed by atoms with E-state index in [0.29, 0.717) is 34.6 Å². The number of amides is 2. The zero-order valence-electron chi connectivity index (χ0n) is 18.0. The van der Waals surface area contributed by atoms with Gasteiger partial charge in [0.15, 0.2) is 17.3 Å². The number of nitrogens with one attached hydrogen (secondary N) is 1. The van der Waals surface area contributed by atoms with E-state index in [1.165, 1.54) is 25.6 Å². The lowest BCUT2D eigenvalue weighted by Gasteiger charge is -2.36. The minimum absolute atomic E-state index is 0.0363. The molecular weight excluding hydrogens is 469 g/mol. The van der Waals surface area contributed by atoms with Crippen LogP contribution in [0, 0.1) is 5.82 Å². The Hall–Kier alpha value is -3.86. The number of halogens is 2. The summed E-state index contributed by atoms with van der Waals surface area (Å²) in [7, 11) is 1.47. The number of benzene rings is 2. The van der Waals surface area contributed by atoms with Gasteiger partial charge < -0.3 is 25.6 Å². The van der Waals surface area contributed by atoms with E-state index in [1.807, 2.05) is 0 Å². The molecule has 2 aromatic carbocycles. The predicted molar refractivity (Wildman–Crippen MR) is 122 cm³/mol. The molecule has 34 heavy (non-hydrogen) atoms. The standard InChI is InChI=1S/C22H21ClFN5O5/c1-33-17-9-15-12(21(27-10-26-15)28-14-4-2-3-13(23)19(14)24)8-18(17)34-11-5-6-29(22(31)32)16(7-11)20(25)30/h2-4,8-11,16H,5-7H2,1H3,(H2,25,30)(H,31,32)(H,26,27,28)/t11-,16-/m0/s1. The number of hydrogen-bond acceptors (Lipinski definition) is 7. The van der Waals surface area contributed by atoms with E-state index in [-0.39, 0.29) is 23.7 Å². The normalized spacial score (nSPS) is 17.9. The highest BCUT2D eigenvalue weighted by Crippen LogP contribution is 2.37. The van der Waals surface area contributed by atoms with E-state index in [2.05, 4.69) is 15.3 Å². The predicted octanol–water partition coefficient (Wildman–Crippen LogP) is 3.55. The minimum atomic E-state index is -1.22. The second-order valence-electron chi connectivity index (χ2n) is 7.63. The summed E-state index contributed by atoms with van der Waals surface area (Å²) >= 11 is 5.88. The van der Waals surface area contributed by atoms with Crippen molar-refractivity contribution in [2.75, 3.05) is 19.0 Å². The summed E-state index contributed by atoms with van der Waals surface area (Å²) in [4.78, 5) is 32.7. The van der Waals surface area contributed by atoms with Gasteiger partial charge in [0.1, 0.15) is 24.3 Å². The van der Waals surface area contributed by atoms with Gasteiger partial charge in [0, 0.05) is 30.8 Å². The van der Waals surface area contributed by atoms with E-state index in [0.717, 1.165) is 4.90 Å². The molecule has 0 unspecified atom stereocenters. The summed E-state index contributed by atoms with van der Waals surface area (Å²) in [5.41, 5.74) is 6.06. The van der Waals surface area contributed by atoms with Crippen LogP contribution in [-0.4, -0.2) is 57.8 Å². The second-order valence-corrected chi connectivity index (χ2v) is 8.03. The summed E-state index contributed by atoms with van der Waals surface area (Å²) in [6.07, 6.45) is 0.0538. The number of rotatable bonds is 6. The van der Waals surface area contributed by atoms with Gasteiger partial charge in [-0.25, -0.2) is 19.2 Å². The lowest BCUT2D eigenvalue weighted by atomic mass is 9.99. The van der Waals surface area contributed by atoms with Crippen LogP contribution in [0.3, 0.4) is 0 Å². The number of likely N-dealkylation sites (tertiary alicyclic amines) is 1. The molecule has 1 fully saturated rings. The Kier molecular flexibility index (Phi) is 6.55. The number of carboxylic acid groups (broad SMARTS) is 1. The third kappa shape index (κ3) is 4.60. The molecule has 178 valence electrons. The van der Waals surface area contributed by atoms with Crippen LogP contribution in [0.15, 0.2) is 36.7 Å². The molecular formula is C22H21ClFN5O5. The molecule has 10 nitrogen and oxygen atoms in total. The van der Waals surface area contributed by atoms with E-state index < -0.39 is 30.0 Å². The Labute approximate surface area is 198 Å². The fourth-order valence-corrected chi connectivity index (χ4v) is 4.04. The number of nitrogens with zero attached hydrogens (tertiary/aromatic N) is 3. The number of hydrogen-bond donors (Lipinski definition) is 3. The fraction of sp³-hybridized carbons (Fsp3) is 0.273. The van der Waals surface area contributed by atoms with Crippen LogP contribution in [-0.2, 0) is 4.79 Å². The lowest BCUT2D eigenvalue weighted by molar-refractivity contribution is -0.125. The number of ether oxygens (including phenoxy) is 2. The van der Waals surface area contributed by atoms with Gasteiger partial charge in [-0.2, -0.15) is 0 Å². The number of fused-ring (bicyclic) bond motifs is 1. The number of piperidine rings is 1. The number of anilines is 2. The van der Waals surface area contributed by atoms with Crippen LogP contribution in [0.4, 0.5) is 20.7 Å². The number of methoxy groups -OCH3 is 1. The molecule has 2 atom stereocenters. The number of carbonyl (C=O) groups is 2. The smallest absolute Gasteiger partial charge is 0.407 e. The van der Waals surface area contributed by atoms with Gasteiger partial charge in [-0.05, 0) is 18.2 Å². The Bertz CT molecular complexity index is 1260. The van der Waals surface area contributed by atoms with Crippen molar-refractivity contribution < 1.29 is 28.6 Å². The van der Waals surface area contributed by atoms with Crippen molar-refractivity contribution in [3.63, 3.8) is 0 Å². The van der Waals surface area contributed by atoms with Crippen molar-refractivity contribution >= 4 is 46.0 Å². The molecule has 1 aliphatic heterocycles. The van der Waals surface area contributed by atoms with Crippen molar-refractivity contribution in [2.24, 2.45) is 5.73 Å². The highest BCUT2D eigenvalue weighted by Gasteiger charge is 2.36. The minimum Gasteiger partial charge on any atom is -0.493 e. The van der Waals surface area contributed by atoms with Crippen LogP contribution < -0.4 is 20.5 Å². The van der Waals surface area contributed by atoms with Gasteiger partial charge in [0.25, 0.3) is 0 Å². The molecule has 3 aromatic rings. The molecule has 0 bridgehead atoms. The number of nitrogens with two attached hydrogens (primary N) is 1. The van der Waals surface area contributed by atoms with Crippen molar-refractivity contribution in [3.05, 3.63) is 47.5 Å². The third-order valence-corrected chi connectivity index (χ3v) is 5.84. The van der Waals surface area contributed by atoms with Crippen molar-refractivity contribution in [3.8, 4) is 11.5 Å². The number of carbonyl (C=O) groups excluding carboxylic acids is 1. The summed E-state index contributed by atoms with van der Waals surface area (Å²) in [6, 6.07) is 6.84. The lowest BCUT2D eigenvalue weighted by Crippen LogP contribution is -2.54. The van der Waals surface area contributed by atoms with Crippen molar-refractivity contribution in [2.45, 2.75) is 25.0 Å². The summed E-state index contributed by atoms with van der Waals surface area (Å²) in [5.74, 6) is -0.346. The molecule has 0 radical (unpaired) electrons. The summed E-state index contributed by atoms with van der Waals surface area (Å²) in [6.45, 7) is 0.0907. The molecule has 2 amide bonds. The van der Waals surface area contributed by atoms with Crippen LogP contribution in [0.1, 0.15) is 12.8 Å². The molecule has 4 rings (SSSR count). The zero-order chi connectivity index (χ0) is 24.4. The number of aromatic nitrogens is 2. The molecule has 1 saturated heterocycles. The van der Waals surface area contributed by atoms with Crippen LogP contribution in [0.2, 0.25) is 5.02 Å². The van der Waals surface area contributed by atoms with Crippen LogP contribution in [0.25, 0.3) is 10.9 Å². The molecule has 0 spiro atoms. The molecule has 1 aliphatic rings. The molecule has 0 aliphatic carbocycles.